The highest BCUT2D eigenvalue weighted by atomic mass is 16.5. The van der Waals surface area contributed by atoms with Crippen molar-refractivity contribution in [3.05, 3.63) is 17.5 Å². The van der Waals surface area contributed by atoms with Crippen molar-refractivity contribution in [2.75, 3.05) is 13.2 Å². The first kappa shape index (κ1) is 15.7. The van der Waals surface area contributed by atoms with Crippen molar-refractivity contribution in [1.82, 2.24) is 15.1 Å². The van der Waals surface area contributed by atoms with Gasteiger partial charge in [0.25, 0.3) is 0 Å². The van der Waals surface area contributed by atoms with Crippen LogP contribution >= 0.6 is 0 Å². The zero-order chi connectivity index (χ0) is 14.1. The Kier molecular flexibility index (Phi) is 7.18. The molecule has 1 heterocycles. The van der Waals surface area contributed by atoms with Gasteiger partial charge in [-0.3, -0.25) is 9.48 Å². The van der Waals surface area contributed by atoms with Crippen molar-refractivity contribution in [3.63, 3.8) is 0 Å². The first-order valence-corrected chi connectivity index (χ1v) is 7.13. The normalized spacial score (nSPS) is 10.7. The van der Waals surface area contributed by atoms with Gasteiger partial charge in [0, 0.05) is 19.5 Å². The van der Waals surface area contributed by atoms with Gasteiger partial charge in [0.1, 0.15) is 0 Å². The van der Waals surface area contributed by atoms with Crippen LogP contribution < -0.4 is 5.32 Å². The molecule has 0 aliphatic heterocycles. The van der Waals surface area contributed by atoms with E-state index in [4.69, 9.17) is 4.74 Å². The molecule has 19 heavy (non-hydrogen) atoms. The summed E-state index contributed by atoms with van der Waals surface area (Å²) in [4.78, 5) is 11.2. The van der Waals surface area contributed by atoms with E-state index < -0.39 is 0 Å². The highest BCUT2D eigenvalue weighted by Gasteiger charge is 2.05. The van der Waals surface area contributed by atoms with E-state index in [2.05, 4.69) is 30.3 Å². The summed E-state index contributed by atoms with van der Waals surface area (Å²) in [6, 6.07) is 2.14. The molecule has 0 amide bonds. The van der Waals surface area contributed by atoms with Crippen LogP contribution in [0, 0.1) is 0 Å². The third-order valence-corrected chi connectivity index (χ3v) is 2.92. The van der Waals surface area contributed by atoms with Crippen LogP contribution in [-0.4, -0.2) is 28.9 Å². The average molecular weight is 267 g/mol. The summed E-state index contributed by atoms with van der Waals surface area (Å²) in [6.07, 6.45) is 2.25. The molecule has 0 unspecified atom stereocenters. The topological polar surface area (TPSA) is 56.1 Å². The minimum atomic E-state index is -0.115. The SMILES string of the molecule is CCOC(=O)CCCNCc1cc(CC)nn1CC. The van der Waals surface area contributed by atoms with E-state index in [1.165, 1.54) is 5.69 Å². The number of hydrogen-bond acceptors (Lipinski definition) is 4. The van der Waals surface area contributed by atoms with Crippen LogP contribution in [-0.2, 0) is 29.0 Å². The van der Waals surface area contributed by atoms with Crippen molar-refractivity contribution >= 4 is 5.97 Å². The van der Waals surface area contributed by atoms with Crippen LogP contribution in [0.1, 0.15) is 45.0 Å². The molecule has 0 spiro atoms. The lowest BCUT2D eigenvalue weighted by Gasteiger charge is -2.06. The molecule has 0 radical (unpaired) electrons. The molecule has 0 saturated heterocycles. The average Bonchev–Trinajstić information content (AvgIpc) is 2.81. The lowest BCUT2D eigenvalue weighted by atomic mass is 10.3. The quantitative estimate of drug-likeness (QED) is 0.548. The molecule has 0 aliphatic carbocycles. The van der Waals surface area contributed by atoms with Gasteiger partial charge in [0.05, 0.1) is 18.0 Å². The lowest BCUT2D eigenvalue weighted by molar-refractivity contribution is -0.143. The number of aryl methyl sites for hydroxylation is 2. The van der Waals surface area contributed by atoms with Crippen LogP contribution in [0.25, 0.3) is 0 Å². The van der Waals surface area contributed by atoms with E-state index in [0.29, 0.717) is 13.0 Å². The van der Waals surface area contributed by atoms with Gasteiger partial charge in [-0.2, -0.15) is 5.10 Å². The maximum absolute atomic E-state index is 11.2. The Morgan fingerprint density at radius 3 is 2.84 bits per heavy atom. The predicted octanol–water partition coefficient (Wildman–Crippen LogP) is 1.90. The number of rotatable bonds is 9. The third kappa shape index (κ3) is 5.42. The molecule has 1 rings (SSSR count). The summed E-state index contributed by atoms with van der Waals surface area (Å²) < 4.78 is 6.91. The van der Waals surface area contributed by atoms with Gasteiger partial charge in [-0.1, -0.05) is 6.92 Å². The van der Waals surface area contributed by atoms with Gasteiger partial charge < -0.3 is 10.1 Å². The number of carbonyl (C=O) groups excluding carboxylic acids is 1. The number of esters is 1. The van der Waals surface area contributed by atoms with Gasteiger partial charge in [-0.25, -0.2) is 0 Å². The van der Waals surface area contributed by atoms with Crippen molar-refractivity contribution in [2.24, 2.45) is 0 Å². The van der Waals surface area contributed by atoms with Gasteiger partial charge in [-0.15, -0.1) is 0 Å². The first-order valence-electron chi connectivity index (χ1n) is 7.13. The monoisotopic (exact) mass is 267 g/mol. The molecule has 0 saturated carbocycles. The van der Waals surface area contributed by atoms with Crippen LogP contribution in [0.15, 0.2) is 6.07 Å². The van der Waals surface area contributed by atoms with Gasteiger partial charge in [-0.05, 0) is 39.3 Å². The van der Waals surface area contributed by atoms with E-state index in [-0.39, 0.29) is 5.97 Å². The van der Waals surface area contributed by atoms with E-state index >= 15 is 0 Å². The standard InChI is InChI=1S/C14H25N3O2/c1-4-12-10-13(17(5-2)16-12)11-15-9-7-8-14(18)19-6-3/h10,15H,4-9,11H2,1-3H3. The molecule has 1 aromatic rings. The predicted molar refractivity (Wildman–Crippen MR) is 74.9 cm³/mol. The Morgan fingerprint density at radius 2 is 2.21 bits per heavy atom. The number of hydrogen-bond donors (Lipinski definition) is 1. The lowest BCUT2D eigenvalue weighted by Crippen LogP contribution is -2.18. The molecule has 0 aliphatic rings. The molecular formula is C14H25N3O2. The van der Waals surface area contributed by atoms with Crippen LogP contribution in [0.2, 0.25) is 0 Å². The maximum atomic E-state index is 11.2. The molecule has 0 fully saturated rings. The van der Waals surface area contributed by atoms with Gasteiger partial charge >= 0.3 is 5.97 Å². The van der Waals surface area contributed by atoms with Crippen LogP contribution in [0.5, 0.6) is 0 Å². The Labute approximate surface area is 115 Å². The van der Waals surface area contributed by atoms with Gasteiger partial charge in [0.15, 0.2) is 0 Å². The Bertz CT molecular complexity index is 388. The smallest absolute Gasteiger partial charge is 0.305 e. The zero-order valence-electron chi connectivity index (χ0n) is 12.2. The highest BCUT2D eigenvalue weighted by Crippen LogP contribution is 2.05. The summed E-state index contributed by atoms with van der Waals surface area (Å²) >= 11 is 0. The molecule has 0 atom stereocenters. The molecule has 5 heteroatoms. The maximum Gasteiger partial charge on any atom is 0.305 e. The van der Waals surface area contributed by atoms with E-state index in [1.807, 2.05) is 11.6 Å². The van der Waals surface area contributed by atoms with Crippen molar-refractivity contribution in [3.8, 4) is 0 Å². The first-order chi connectivity index (χ1) is 9.21. The second-order valence-corrected chi connectivity index (χ2v) is 4.38. The molecule has 5 nitrogen and oxygen atoms in total. The van der Waals surface area contributed by atoms with Crippen molar-refractivity contribution in [1.29, 1.82) is 0 Å². The fourth-order valence-corrected chi connectivity index (χ4v) is 1.91. The second-order valence-electron chi connectivity index (χ2n) is 4.38. The number of nitrogens with zero attached hydrogens (tertiary/aromatic N) is 2. The molecule has 1 aromatic heterocycles. The van der Waals surface area contributed by atoms with Crippen LogP contribution in [0.3, 0.4) is 0 Å². The summed E-state index contributed by atoms with van der Waals surface area (Å²) in [7, 11) is 0. The molecule has 1 N–H and O–H groups in total. The Balaban J connectivity index is 2.25. The minimum Gasteiger partial charge on any atom is -0.466 e. The van der Waals surface area contributed by atoms with Gasteiger partial charge in [0.2, 0.25) is 0 Å². The number of carbonyl (C=O) groups is 1. The highest BCUT2D eigenvalue weighted by molar-refractivity contribution is 5.69. The van der Waals surface area contributed by atoms with Crippen molar-refractivity contribution < 1.29 is 9.53 Å². The van der Waals surface area contributed by atoms with E-state index in [1.54, 1.807) is 0 Å². The third-order valence-electron chi connectivity index (χ3n) is 2.92. The molecule has 108 valence electrons. The number of ether oxygens (including phenoxy) is 1. The van der Waals surface area contributed by atoms with E-state index in [0.717, 1.165) is 38.2 Å². The number of nitrogens with one attached hydrogen (secondary N) is 1. The summed E-state index contributed by atoms with van der Waals surface area (Å²) in [6.45, 7) is 8.99. The summed E-state index contributed by atoms with van der Waals surface area (Å²) in [5.41, 5.74) is 2.33. The zero-order valence-corrected chi connectivity index (χ0v) is 12.2. The Morgan fingerprint density at radius 1 is 1.42 bits per heavy atom. The molecular weight excluding hydrogens is 242 g/mol. The van der Waals surface area contributed by atoms with Crippen molar-refractivity contribution in [2.45, 2.75) is 53.1 Å². The van der Waals surface area contributed by atoms with Crippen LogP contribution in [0.4, 0.5) is 0 Å². The fraction of sp³-hybridized carbons (Fsp3) is 0.714. The summed E-state index contributed by atoms with van der Waals surface area (Å²) in [5, 5.41) is 7.84. The molecule has 0 aromatic carbocycles. The largest absolute Gasteiger partial charge is 0.466 e. The minimum absolute atomic E-state index is 0.115. The Hall–Kier alpha value is -1.36. The number of aromatic nitrogens is 2. The second kappa shape index (κ2) is 8.69. The summed E-state index contributed by atoms with van der Waals surface area (Å²) in [5.74, 6) is -0.115. The molecule has 0 bridgehead atoms. The fourth-order valence-electron chi connectivity index (χ4n) is 1.91. The van der Waals surface area contributed by atoms with E-state index in [9.17, 15) is 4.79 Å².